The zero-order chi connectivity index (χ0) is 5.11. The third-order valence-corrected chi connectivity index (χ3v) is 1.69. The summed E-state index contributed by atoms with van der Waals surface area (Å²) in [4.78, 5) is 0. The topological polar surface area (TPSA) is 12.0 Å². The van der Waals surface area contributed by atoms with Crippen LogP contribution in [0.1, 0.15) is 0 Å². The van der Waals surface area contributed by atoms with Crippen molar-refractivity contribution in [2.45, 2.75) is 0 Å². The molecule has 1 aliphatic heterocycles. The molecule has 0 aromatic rings. The van der Waals surface area contributed by atoms with E-state index in [0.29, 0.717) is 0 Å². The summed E-state index contributed by atoms with van der Waals surface area (Å²) in [6, 6.07) is 0. The molecule has 1 saturated heterocycles. The van der Waals surface area contributed by atoms with Crippen molar-refractivity contribution >= 4 is 11.8 Å². The first-order valence-corrected chi connectivity index (χ1v) is 3.32. The lowest BCUT2D eigenvalue weighted by atomic mass is 10.5. The Morgan fingerprint density at radius 3 is 3.00 bits per heavy atom. The summed E-state index contributed by atoms with van der Waals surface area (Å²) >= 11 is 1.82. The molecule has 0 amide bonds. The minimum Gasteiger partial charge on any atom is -0.387 e. The Morgan fingerprint density at radius 2 is 2.71 bits per heavy atom. The highest BCUT2D eigenvalue weighted by Gasteiger charge is 1.99. The van der Waals surface area contributed by atoms with Gasteiger partial charge in [-0.05, 0) is 0 Å². The molecule has 1 nitrogen and oxygen atoms in total. The standard InChI is InChI=1S/C5H8NS/c1-5-4-7-3-2-6-5/h4,6H,1-3H2. The van der Waals surface area contributed by atoms with Crippen LogP contribution in [0.2, 0.25) is 0 Å². The van der Waals surface area contributed by atoms with Gasteiger partial charge < -0.3 is 5.32 Å². The highest BCUT2D eigenvalue weighted by atomic mass is 32.2. The molecule has 0 aromatic heterocycles. The van der Waals surface area contributed by atoms with Gasteiger partial charge in [0.2, 0.25) is 0 Å². The monoisotopic (exact) mass is 114 g/mol. The number of thioether (sulfide) groups is 1. The molecular formula is C5H8NS. The maximum atomic E-state index is 3.73. The van der Waals surface area contributed by atoms with E-state index in [2.05, 4.69) is 11.9 Å². The summed E-state index contributed by atoms with van der Waals surface area (Å²) in [6.07, 6.45) is 0. The molecule has 0 spiro atoms. The van der Waals surface area contributed by atoms with Gasteiger partial charge >= 0.3 is 0 Å². The Labute approximate surface area is 48.2 Å². The van der Waals surface area contributed by atoms with Gasteiger partial charge in [0.05, 0.1) is 5.75 Å². The van der Waals surface area contributed by atoms with Crippen LogP contribution >= 0.6 is 11.8 Å². The van der Waals surface area contributed by atoms with Crippen LogP contribution in [0, 0.1) is 5.75 Å². The minimum atomic E-state index is 1.05. The maximum Gasteiger partial charge on any atom is 0.0612 e. The van der Waals surface area contributed by atoms with Crippen molar-refractivity contribution in [1.29, 1.82) is 0 Å². The van der Waals surface area contributed by atoms with Gasteiger partial charge in [-0.3, -0.25) is 0 Å². The molecule has 1 heterocycles. The zero-order valence-corrected chi connectivity index (χ0v) is 4.92. The molecule has 1 aliphatic rings. The molecule has 0 bridgehead atoms. The number of rotatable bonds is 0. The molecule has 1 fully saturated rings. The molecular weight excluding hydrogens is 106 g/mol. The quantitative estimate of drug-likeness (QED) is 0.504. The highest BCUT2D eigenvalue weighted by molar-refractivity contribution is 8.01. The number of nitrogens with one attached hydrogen (secondary N) is 1. The van der Waals surface area contributed by atoms with Crippen molar-refractivity contribution in [2.24, 2.45) is 0 Å². The summed E-state index contributed by atoms with van der Waals surface area (Å²) in [6.45, 7) is 4.80. The summed E-state index contributed by atoms with van der Waals surface area (Å²) < 4.78 is 0. The maximum absolute atomic E-state index is 3.73. The molecule has 0 unspecified atom stereocenters. The molecule has 0 aromatic carbocycles. The van der Waals surface area contributed by atoms with E-state index in [9.17, 15) is 0 Å². The second-order valence-corrected chi connectivity index (χ2v) is 2.42. The van der Waals surface area contributed by atoms with E-state index >= 15 is 0 Å². The van der Waals surface area contributed by atoms with Crippen molar-refractivity contribution in [3.63, 3.8) is 0 Å². The molecule has 0 aliphatic carbocycles. The van der Waals surface area contributed by atoms with Crippen LogP contribution in [0.3, 0.4) is 0 Å². The average molecular weight is 114 g/mol. The first kappa shape index (κ1) is 5.04. The summed E-state index contributed by atoms with van der Waals surface area (Å²) in [5.41, 5.74) is 1.05. The normalized spacial score (nSPS) is 21.4. The Kier molecular flexibility index (Phi) is 1.63. The van der Waals surface area contributed by atoms with Crippen molar-refractivity contribution in [3.8, 4) is 0 Å². The first-order valence-electron chi connectivity index (χ1n) is 2.27. The second-order valence-electron chi connectivity index (χ2n) is 1.44. The largest absolute Gasteiger partial charge is 0.387 e. The lowest BCUT2D eigenvalue weighted by molar-refractivity contribution is 0.873. The molecule has 39 valence electrons. The van der Waals surface area contributed by atoms with E-state index in [1.54, 1.807) is 0 Å². The zero-order valence-electron chi connectivity index (χ0n) is 4.11. The molecule has 7 heavy (non-hydrogen) atoms. The van der Waals surface area contributed by atoms with Crippen LogP contribution in [0.4, 0.5) is 0 Å². The van der Waals surface area contributed by atoms with E-state index in [-0.39, 0.29) is 0 Å². The van der Waals surface area contributed by atoms with Gasteiger partial charge in [-0.2, -0.15) is 0 Å². The fraction of sp³-hybridized carbons (Fsp3) is 0.400. The van der Waals surface area contributed by atoms with Gasteiger partial charge in [0.15, 0.2) is 0 Å². The second kappa shape index (κ2) is 2.26. The summed E-state index contributed by atoms with van der Waals surface area (Å²) in [7, 11) is 0. The van der Waals surface area contributed by atoms with Crippen molar-refractivity contribution < 1.29 is 0 Å². The first-order chi connectivity index (χ1) is 3.39. The van der Waals surface area contributed by atoms with E-state index in [0.717, 1.165) is 12.2 Å². The Morgan fingerprint density at radius 1 is 1.86 bits per heavy atom. The van der Waals surface area contributed by atoms with Gasteiger partial charge in [-0.15, -0.1) is 11.8 Å². The van der Waals surface area contributed by atoms with Crippen molar-refractivity contribution in [2.75, 3.05) is 12.3 Å². The van der Waals surface area contributed by atoms with Gasteiger partial charge in [0.1, 0.15) is 0 Å². The SMILES string of the molecule is C=C1[CH]SCCN1. The molecule has 1 radical (unpaired) electrons. The van der Waals surface area contributed by atoms with Crippen LogP contribution < -0.4 is 5.32 Å². The van der Waals surface area contributed by atoms with E-state index in [1.807, 2.05) is 17.5 Å². The van der Waals surface area contributed by atoms with Crippen LogP contribution in [0.25, 0.3) is 0 Å². The van der Waals surface area contributed by atoms with Crippen LogP contribution in [-0.2, 0) is 0 Å². The predicted molar refractivity (Wildman–Crippen MR) is 33.9 cm³/mol. The van der Waals surface area contributed by atoms with E-state index < -0.39 is 0 Å². The minimum absolute atomic E-state index is 1.05. The summed E-state index contributed by atoms with van der Waals surface area (Å²) in [5.74, 6) is 3.22. The Balaban J connectivity index is 2.25. The van der Waals surface area contributed by atoms with Crippen LogP contribution in [0.5, 0.6) is 0 Å². The van der Waals surface area contributed by atoms with Crippen LogP contribution in [-0.4, -0.2) is 12.3 Å². The molecule has 0 atom stereocenters. The molecule has 1 N–H and O–H groups in total. The predicted octanol–water partition coefficient (Wildman–Crippen LogP) is 0.998. The van der Waals surface area contributed by atoms with Crippen molar-refractivity contribution in [3.05, 3.63) is 18.0 Å². The molecule has 0 saturated carbocycles. The fourth-order valence-corrected chi connectivity index (χ4v) is 1.09. The lowest BCUT2D eigenvalue weighted by Gasteiger charge is -2.13. The Hall–Kier alpha value is -0.110. The summed E-state index contributed by atoms with van der Waals surface area (Å²) in [5, 5.41) is 3.11. The third kappa shape index (κ3) is 1.43. The Bertz CT molecular complexity index is 72.1. The molecule has 1 rings (SSSR count). The average Bonchev–Trinajstić information content (AvgIpc) is 1.69. The van der Waals surface area contributed by atoms with Gasteiger partial charge in [0.25, 0.3) is 0 Å². The number of hydrogen-bond acceptors (Lipinski definition) is 2. The smallest absolute Gasteiger partial charge is 0.0612 e. The van der Waals surface area contributed by atoms with Gasteiger partial charge in [-0.25, -0.2) is 0 Å². The highest BCUT2D eigenvalue weighted by Crippen LogP contribution is 2.13. The van der Waals surface area contributed by atoms with Gasteiger partial charge in [-0.1, -0.05) is 6.58 Å². The third-order valence-electron chi connectivity index (χ3n) is 0.798. The van der Waals surface area contributed by atoms with Crippen molar-refractivity contribution in [1.82, 2.24) is 5.32 Å². The lowest BCUT2D eigenvalue weighted by Crippen LogP contribution is -2.19. The molecule has 2 heteroatoms. The van der Waals surface area contributed by atoms with Crippen LogP contribution in [0.15, 0.2) is 12.3 Å². The fourth-order valence-electron chi connectivity index (χ4n) is 0.472. The van der Waals surface area contributed by atoms with E-state index in [4.69, 9.17) is 0 Å². The number of hydrogen-bond donors (Lipinski definition) is 1. The van der Waals surface area contributed by atoms with Gasteiger partial charge in [0, 0.05) is 18.0 Å². The van der Waals surface area contributed by atoms with E-state index in [1.165, 1.54) is 5.75 Å².